The van der Waals surface area contributed by atoms with Crippen LogP contribution in [0.15, 0.2) is 59.0 Å². The van der Waals surface area contributed by atoms with Gasteiger partial charge in [0.1, 0.15) is 17.3 Å². The number of amides is 1. The number of anilines is 1. The summed E-state index contributed by atoms with van der Waals surface area (Å²) in [6, 6.07) is 13.8. The molecule has 1 heterocycles. The minimum absolute atomic E-state index is 0.0416. The van der Waals surface area contributed by atoms with E-state index >= 15 is 0 Å². The third-order valence-electron chi connectivity index (χ3n) is 3.88. The topological polar surface area (TPSA) is 74.5 Å². The van der Waals surface area contributed by atoms with Gasteiger partial charge in [0, 0.05) is 11.6 Å². The monoisotopic (exact) mass is 446 g/mol. The number of aromatic hydroxyl groups is 1. The molecule has 0 atom stereocenters. The zero-order valence-corrected chi connectivity index (χ0v) is 17.5. The second kappa shape index (κ2) is 9.13. The van der Waals surface area contributed by atoms with Crippen LogP contribution in [-0.4, -0.2) is 16.1 Å². The van der Waals surface area contributed by atoms with Crippen molar-refractivity contribution in [2.24, 2.45) is 0 Å². The van der Waals surface area contributed by atoms with Gasteiger partial charge in [0.05, 0.1) is 15.7 Å². The summed E-state index contributed by atoms with van der Waals surface area (Å²) in [5, 5.41) is 16.0. The van der Waals surface area contributed by atoms with E-state index in [4.69, 9.17) is 39.8 Å². The van der Waals surface area contributed by atoms with Crippen LogP contribution in [0.25, 0.3) is 17.4 Å². The molecule has 1 aromatic heterocycles. The van der Waals surface area contributed by atoms with Crippen LogP contribution in [0.2, 0.25) is 10.0 Å². The van der Waals surface area contributed by atoms with E-state index in [-0.39, 0.29) is 10.9 Å². The molecule has 0 aliphatic heterocycles. The zero-order chi connectivity index (χ0) is 21.0. The number of carbonyl (C=O) groups is 1. The number of phenolic OH excluding ortho intramolecular Hbond substituents is 1. The number of phenols is 1. The first-order valence-electron chi connectivity index (χ1n) is 8.47. The number of benzene rings is 2. The molecule has 148 valence electrons. The van der Waals surface area contributed by atoms with E-state index in [2.05, 4.69) is 10.6 Å². The highest BCUT2D eigenvalue weighted by molar-refractivity contribution is 7.80. The van der Waals surface area contributed by atoms with Crippen LogP contribution in [0.5, 0.6) is 5.75 Å². The molecule has 5 nitrogen and oxygen atoms in total. The quantitative estimate of drug-likeness (QED) is 0.268. The highest BCUT2D eigenvalue weighted by Crippen LogP contribution is 2.34. The van der Waals surface area contributed by atoms with Crippen molar-refractivity contribution in [2.75, 3.05) is 5.32 Å². The second-order valence-electron chi connectivity index (χ2n) is 6.10. The predicted octanol–water partition coefficient (Wildman–Crippen LogP) is 5.79. The van der Waals surface area contributed by atoms with Gasteiger partial charge in [-0.2, -0.15) is 0 Å². The number of thiocarbonyl (C=S) groups is 1. The summed E-state index contributed by atoms with van der Waals surface area (Å²) >= 11 is 17.3. The van der Waals surface area contributed by atoms with E-state index in [1.54, 1.807) is 42.5 Å². The number of carbonyl (C=O) groups excluding carboxylic acids is 1. The molecule has 0 saturated heterocycles. The summed E-state index contributed by atoms with van der Waals surface area (Å²) in [6.07, 6.45) is 2.79. The average Bonchev–Trinajstić information content (AvgIpc) is 3.13. The van der Waals surface area contributed by atoms with Gasteiger partial charge in [-0.15, -0.1) is 0 Å². The fourth-order valence-corrected chi connectivity index (χ4v) is 3.10. The summed E-state index contributed by atoms with van der Waals surface area (Å²) in [7, 11) is 0. The molecule has 0 spiro atoms. The van der Waals surface area contributed by atoms with Crippen LogP contribution >= 0.6 is 35.4 Å². The maximum atomic E-state index is 12.1. The molecular weight excluding hydrogens is 431 g/mol. The Morgan fingerprint density at radius 1 is 1.17 bits per heavy atom. The van der Waals surface area contributed by atoms with Crippen LogP contribution < -0.4 is 10.6 Å². The Morgan fingerprint density at radius 2 is 1.97 bits per heavy atom. The van der Waals surface area contributed by atoms with Crippen molar-refractivity contribution in [3.05, 3.63) is 76.0 Å². The van der Waals surface area contributed by atoms with E-state index in [9.17, 15) is 9.90 Å². The zero-order valence-electron chi connectivity index (χ0n) is 15.2. The Labute approximate surface area is 182 Å². The number of rotatable bonds is 4. The number of halogens is 2. The number of nitrogens with one attached hydrogen (secondary N) is 2. The Kier molecular flexibility index (Phi) is 6.59. The molecule has 0 fully saturated rings. The van der Waals surface area contributed by atoms with Crippen LogP contribution in [0, 0.1) is 6.92 Å². The molecule has 0 aliphatic carbocycles. The van der Waals surface area contributed by atoms with Gasteiger partial charge in [-0.1, -0.05) is 35.3 Å². The molecule has 0 saturated carbocycles. The fourth-order valence-electron chi connectivity index (χ4n) is 2.49. The van der Waals surface area contributed by atoms with Crippen molar-refractivity contribution in [3.63, 3.8) is 0 Å². The first-order valence-corrected chi connectivity index (χ1v) is 9.64. The number of aryl methyl sites for hydroxylation is 1. The second-order valence-corrected chi connectivity index (χ2v) is 7.29. The van der Waals surface area contributed by atoms with E-state index in [1.165, 1.54) is 12.2 Å². The van der Waals surface area contributed by atoms with Crippen molar-refractivity contribution < 1.29 is 14.3 Å². The summed E-state index contributed by atoms with van der Waals surface area (Å²) in [5.74, 6) is 0.582. The van der Waals surface area contributed by atoms with Gasteiger partial charge in [0.25, 0.3) is 0 Å². The van der Waals surface area contributed by atoms with Gasteiger partial charge in [0.15, 0.2) is 5.11 Å². The molecule has 3 N–H and O–H groups in total. The van der Waals surface area contributed by atoms with Crippen molar-refractivity contribution in [1.82, 2.24) is 5.32 Å². The van der Waals surface area contributed by atoms with Crippen molar-refractivity contribution >= 4 is 58.2 Å². The Balaban J connectivity index is 1.61. The Bertz CT molecular complexity index is 1110. The molecule has 8 heteroatoms. The lowest BCUT2D eigenvalue weighted by Gasteiger charge is -2.10. The molecule has 0 radical (unpaired) electrons. The first-order chi connectivity index (χ1) is 13.8. The van der Waals surface area contributed by atoms with Gasteiger partial charge >= 0.3 is 0 Å². The molecular formula is C21H16Cl2N2O3S. The van der Waals surface area contributed by atoms with Gasteiger partial charge < -0.3 is 14.8 Å². The predicted molar refractivity (Wildman–Crippen MR) is 120 cm³/mol. The third kappa shape index (κ3) is 5.38. The normalized spacial score (nSPS) is 10.9. The summed E-state index contributed by atoms with van der Waals surface area (Å²) in [6.45, 7) is 1.86. The summed E-state index contributed by atoms with van der Waals surface area (Å²) in [5.41, 5.74) is 1.97. The van der Waals surface area contributed by atoms with Crippen molar-refractivity contribution in [3.8, 4) is 17.1 Å². The minimum Gasteiger partial charge on any atom is -0.506 e. The van der Waals surface area contributed by atoms with E-state index in [0.29, 0.717) is 32.8 Å². The lowest BCUT2D eigenvalue weighted by molar-refractivity contribution is -0.115. The van der Waals surface area contributed by atoms with Crippen molar-refractivity contribution in [2.45, 2.75) is 6.92 Å². The van der Waals surface area contributed by atoms with Crippen molar-refractivity contribution in [1.29, 1.82) is 0 Å². The van der Waals surface area contributed by atoms with E-state index in [0.717, 1.165) is 5.56 Å². The van der Waals surface area contributed by atoms with E-state index < -0.39 is 5.91 Å². The van der Waals surface area contributed by atoms with Gasteiger partial charge in [-0.3, -0.25) is 10.1 Å². The standard InChI is InChI=1S/C21H16Cl2N2O3S/c1-12-5-8-16(17(26)11-12)24-21(29)25-19(27)10-7-13-6-9-18(28-13)14-3-2-4-15(22)20(14)23/h2-11,26H,1H3,(H2,24,25,27,29). The lowest BCUT2D eigenvalue weighted by atomic mass is 10.2. The molecule has 0 bridgehead atoms. The van der Waals surface area contributed by atoms with Gasteiger partial charge in [-0.05, 0) is 67.2 Å². The Morgan fingerprint density at radius 3 is 2.72 bits per heavy atom. The molecule has 3 aromatic rings. The van der Waals surface area contributed by atoms with Gasteiger partial charge in [0.2, 0.25) is 5.91 Å². The molecule has 2 aromatic carbocycles. The summed E-state index contributed by atoms with van der Waals surface area (Å²) in [4.78, 5) is 12.1. The Hall–Kier alpha value is -2.80. The number of hydrogen-bond acceptors (Lipinski definition) is 4. The van der Waals surface area contributed by atoms with E-state index in [1.807, 2.05) is 13.0 Å². The molecule has 3 rings (SSSR count). The van der Waals surface area contributed by atoms with Gasteiger partial charge in [-0.25, -0.2) is 0 Å². The molecule has 0 unspecified atom stereocenters. The SMILES string of the molecule is Cc1ccc(NC(=S)NC(=O)C=Cc2ccc(-c3cccc(Cl)c3Cl)o2)c(O)c1. The highest BCUT2D eigenvalue weighted by Gasteiger charge is 2.10. The maximum Gasteiger partial charge on any atom is 0.250 e. The molecule has 29 heavy (non-hydrogen) atoms. The van der Waals surface area contributed by atoms with Crippen LogP contribution in [-0.2, 0) is 4.79 Å². The maximum absolute atomic E-state index is 12.1. The highest BCUT2D eigenvalue weighted by atomic mass is 35.5. The average molecular weight is 447 g/mol. The fraction of sp³-hybridized carbons (Fsp3) is 0.0476. The minimum atomic E-state index is -0.451. The summed E-state index contributed by atoms with van der Waals surface area (Å²) < 4.78 is 5.69. The first kappa shape index (κ1) is 20.9. The third-order valence-corrected chi connectivity index (χ3v) is 4.90. The number of hydrogen-bond donors (Lipinski definition) is 3. The molecule has 0 aliphatic rings. The number of furan rings is 1. The lowest BCUT2D eigenvalue weighted by Crippen LogP contribution is -2.32. The smallest absolute Gasteiger partial charge is 0.250 e. The van der Waals surface area contributed by atoms with Crippen LogP contribution in [0.3, 0.4) is 0 Å². The largest absolute Gasteiger partial charge is 0.506 e. The van der Waals surface area contributed by atoms with Crippen LogP contribution in [0.4, 0.5) is 5.69 Å². The molecule has 1 amide bonds. The van der Waals surface area contributed by atoms with Crippen LogP contribution in [0.1, 0.15) is 11.3 Å².